The number of nitrogens with zero attached hydrogens (tertiary/aromatic N) is 2. The van der Waals surface area contributed by atoms with E-state index in [1.165, 1.54) is 16.7 Å². The van der Waals surface area contributed by atoms with Crippen LogP contribution in [-0.2, 0) is 25.2 Å². The molecule has 5 N–H and O–H groups in total. The molecule has 0 aliphatic carbocycles. The lowest BCUT2D eigenvalue weighted by atomic mass is 9.71. The van der Waals surface area contributed by atoms with Gasteiger partial charge in [0.1, 0.15) is 53.0 Å². The molecule has 2 aliphatic rings. The molecule has 0 radical (unpaired) electrons. The summed E-state index contributed by atoms with van der Waals surface area (Å²) in [7, 11) is 6.54. The van der Waals surface area contributed by atoms with Crippen LogP contribution in [-0.4, -0.2) is 113 Å². The number of aliphatic hydroxyl groups excluding tert-OH is 3. The van der Waals surface area contributed by atoms with Crippen molar-refractivity contribution in [2.24, 2.45) is 0 Å². The van der Waals surface area contributed by atoms with Crippen molar-refractivity contribution < 1.29 is 57.3 Å². The van der Waals surface area contributed by atoms with Gasteiger partial charge in [-0.1, -0.05) is 109 Å². The van der Waals surface area contributed by atoms with E-state index in [1.54, 1.807) is 28.4 Å². The molecule has 8 unspecified atom stereocenters. The fourth-order valence-corrected chi connectivity index (χ4v) is 9.80. The van der Waals surface area contributed by atoms with Crippen molar-refractivity contribution in [1.29, 1.82) is 0 Å². The number of H-pyrrole nitrogens is 2. The van der Waals surface area contributed by atoms with Crippen LogP contribution in [0, 0.1) is 0 Å². The normalized spacial score (nSPS) is 20.5. The average molecular weight is 1110 g/mol. The number of benzene rings is 6. The minimum atomic E-state index is -1.94. The predicted octanol–water partition coefficient (Wildman–Crippen LogP) is 6.34. The Kier molecular flexibility index (Phi) is 19.0. The van der Waals surface area contributed by atoms with E-state index in [0.29, 0.717) is 11.5 Å². The van der Waals surface area contributed by atoms with Crippen molar-refractivity contribution in [2.45, 2.75) is 67.2 Å². The van der Waals surface area contributed by atoms with Gasteiger partial charge in [0.15, 0.2) is 24.8 Å². The van der Waals surface area contributed by atoms with Crippen molar-refractivity contribution in [3.05, 3.63) is 257 Å². The summed E-state index contributed by atoms with van der Waals surface area (Å²) in [5, 5.41) is 29.0. The largest absolute Gasteiger partial charge is 0.497 e. The summed E-state index contributed by atoms with van der Waals surface area (Å²) in [5.74, 6) is 3.04. The van der Waals surface area contributed by atoms with Crippen molar-refractivity contribution >= 4 is 0 Å². The number of aromatic amines is 2. The van der Waals surface area contributed by atoms with Crippen molar-refractivity contribution in [1.82, 2.24) is 19.1 Å². The molecule has 2 aliphatic heterocycles. The van der Waals surface area contributed by atoms with E-state index in [1.807, 2.05) is 114 Å². The molecule has 10 rings (SSSR count). The van der Waals surface area contributed by atoms with Crippen LogP contribution in [0.5, 0.6) is 23.0 Å². The van der Waals surface area contributed by atoms with Gasteiger partial charge in [-0.3, -0.25) is 28.7 Å². The molecular weight excluding hydrogens is 1050 g/mol. The lowest BCUT2D eigenvalue weighted by Crippen LogP contribution is -2.39. The zero-order chi connectivity index (χ0) is 57.8. The number of hydrogen-bond donors (Lipinski definition) is 5. The van der Waals surface area contributed by atoms with Gasteiger partial charge in [-0.25, -0.2) is 18.4 Å². The first kappa shape index (κ1) is 58.6. The highest BCUT2D eigenvalue weighted by atomic mass is 19.1. The Bertz CT molecular complexity index is 3430. The maximum absolute atomic E-state index is 15.2. The second-order valence-electron chi connectivity index (χ2n) is 19.0. The van der Waals surface area contributed by atoms with Gasteiger partial charge in [0.2, 0.25) is 0 Å². The number of ether oxygens (including phenoxy) is 7. The summed E-state index contributed by atoms with van der Waals surface area (Å²) in [4.78, 5) is 50.0. The highest BCUT2D eigenvalue weighted by molar-refractivity contribution is 5.52. The first-order valence-electron chi connectivity index (χ1n) is 25.6. The monoisotopic (exact) mass is 1110 g/mol. The SMILES string of the molecule is COc1ccc(C(C)(c2ccccc2)c2ccc(OC)cc2)cc1.COc1ccc(C(OCC2OC(n3ccc(=O)[nH]c3=O)C(F)C2O)(c2ccccc2)c2ccc(OC)cc2)cc1.O=c1ccn(C2OC(CO)C(O)C2F)c(=O)[nH]1. The van der Waals surface area contributed by atoms with Crippen molar-refractivity contribution in [3.8, 4) is 23.0 Å². The van der Waals surface area contributed by atoms with Crippen LogP contribution < -0.4 is 41.4 Å². The topological polar surface area (TPSA) is 235 Å². The van der Waals surface area contributed by atoms with Crippen LogP contribution in [0.1, 0.15) is 52.8 Å². The van der Waals surface area contributed by atoms with Crippen molar-refractivity contribution in [3.63, 3.8) is 0 Å². The Hall–Kier alpha value is -8.50. The van der Waals surface area contributed by atoms with Crippen LogP contribution in [0.15, 0.2) is 201 Å². The summed E-state index contributed by atoms with van der Waals surface area (Å²) in [6, 6.07) is 53.6. The number of nitrogens with one attached hydrogen (secondary N) is 2. The molecule has 20 heteroatoms. The molecule has 424 valence electrons. The van der Waals surface area contributed by atoms with Crippen LogP contribution in [0.3, 0.4) is 0 Å². The van der Waals surface area contributed by atoms with Gasteiger partial charge in [-0.2, -0.15) is 0 Å². The highest BCUT2D eigenvalue weighted by Crippen LogP contribution is 2.44. The fourth-order valence-electron chi connectivity index (χ4n) is 9.80. The van der Waals surface area contributed by atoms with Crippen LogP contribution >= 0.6 is 0 Å². The number of alkyl halides is 2. The predicted molar refractivity (Wildman–Crippen MR) is 296 cm³/mol. The number of aliphatic hydroxyl groups is 3. The van der Waals surface area contributed by atoms with Gasteiger partial charge >= 0.3 is 11.4 Å². The molecule has 8 atom stereocenters. The second-order valence-corrected chi connectivity index (χ2v) is 19.0. The summed E-state index contributed by atoms with van der Waals surface area (Å²) in [5.41, 5.74) is 1.61. The van der Waals surface area contributed by atoms with E-state index in [-0.39, 0.29) is 12.0 Å². The minimum Gasteiger partial charge on any atom is -0.497 e. The Morgan fingerprint density at radius 2 is 0.802 bits per heavy atom. The Balaban J connectivity index is 0.000000177. The number of hydrogen-bond acceptors (Lipinski definition) is 14. The van der Waals surface area contributed by atoms with Gasteiger partial charge in [-0.05, 0) is 88.8 Å². The van der Waals surface area contributed by atoms with Crippen LogP contribution in [0.4, 0.5) is 8.78 Å². The smallest absolute Gasteiger partial charge is 0.330 e. The number of methoxy groups -OCH3 is 4. The Morgan fingerprint density at radius 3 is 1.15 bits per heavy atom. The van der Waals surface area contributed by atoms with E-state index < -0.39 is 83.9 Å². The number of rotatable bonds is 16. The molecule has 6 aromatic carbocycles. The van der Waals surface area contributed by atoms with Crippen LogP contribution in [0.2, 0.25) is 0 Å². The zero-order valence-electron chi connectivity index (χ0n) is 44.8. The molecule has 2 saturated heterocycles. The van der Waals surface area contributed by atoms with Gasteiger partial charge in [-0.15, -0.1) is 0 Å². The standard InChI is InChI=1S/C30H29FN2O7.C22H22O2.C9H11FN2O5/c1-37-22-12-8-20(9-13-22)30(19-6-4-3-5-7-19,21-10-14-23(38-2)15-11-21)39-18-24-27(35)26(31)28(40-24)33-17-16-25(34)32-29(33)36;1-22(17-7-5-4-6-8-17,18-9-13-20(23-2)14-10-18)19-11-15-21(24-3)16-12-19;10-6-7(15)4(3-13)17-8(6)12-2-1-5(14)11-9(12)16/h3-17,24,26-28,35H,18H2,1-2H3,(H,32,34,36);4-16H,1-3H3;1-2,4,6-8,13,15H,3H2,(H,11,14,16). The maximum atomic E-state index is 15.2. The molecule has 81 heavy (non-hydrogen) atoms. The quantitative estimate of drug-likeness (QED) is 0.0665. The first-order valence-corrected chi connectivity index (χ1v) is 25.6. The van der Waals surface area contributed by atoms with Crippen molar-refractivity contribution in [2.75, 3.05) is 41.7 Å². The molecule has 8 aromatic rings. The highest BCUT2D eigenvalue weighted by Gasteiger charge is 2.48. The van der Waals surface area contributed by atoms with Gasteiger partial charge in [0, 0.05) is 29.9 Å². The molecule has 2 fully saturated rings. The van der Waals surface area contributed by atoms with Gasteiger partial charge < -0.3 is 48.5 Å². The molecule has 0 saturated carbocycles. The molecule has 0 spiro atoms. The number of aromatic nitrogens is 4. The number of halogens is 2. The van der Waals surface area contributed by atoms with Gasteiger partial charge in [0.05, 0.1) is 41.7 Å². The molecule has 0 bridgehead atoms. The third kappa shape index (κ3) is 12.6. The second kappa shape index (κ2) is 26.2. The third-order valence-corrected chi connectivity index (χ3v) is 14.3. The van der Waals surface area contributed by atoms with E-state index in [2.05, 4.69) is 60.4 Å². The fraction of sp³-hybridized carbons (Fsp3) is 0.279. The van der Waals surface area contributed by atoms with E-state index >= 15 is 4.39 Å². The Morgan fingerprint density at radius 1 is 0.481 bits per heavy atom. The first-order chi connectivity index (χ1) is 39.1. The molecule has 18 nitrogen and oxygen atoms in total. The third-order valence-electron chi connectivity index (χ3n) is 14.3. The molecular formula is C61H62F2N4O14. The van der Waals surface area contributed by atoms with E-state index in [4.69, 9.17) is 38.3 Å². The molecule has 0 amide bonds. The summed E-state index contributed by atoms with van der Waals surface area (Å²) in [6.45, 7) is 1.46. The zero-order valence-corrected chi connectivity index (χ0v) is 44.8. The maximum Gasteiger partial charge on any atom is 0.330 e. The minimum absolute atomic E-state index is 0.233. The molecule has 2 aromatic heterocycles. The lowest BCUT2D eigenvalue weighted by molar-refractivity contribution is -0.0950. The van der Waals surface area contributed by atoms with Crippen LogP contribution in [0.25, 0.3) is 0 Å². The molecule has 4 heterocycles. The Labute approximate surface area is 463 Å². The average Bonchev–Trinajstić information content (AvgIpc) is 4.15. The van der Waals surface area contributed by atoms with Gasteiger partial charge in [0.25, 0.3) is 11.1 Å². The van der Waals surface area contributed by atoms with E-state index in [0.717, 1.165) is 61.8 Å². The lowest BCUT2D eigenvalue weighted by Gasteiger charge is -2.37. The summed E-state index contributed by atoms with van der Waals surface area (Å²) < 4.78 is 69.5. The summed E-state index contributed by atoms with van der Waals surface area (Å²) in [6.07, 6.45) is -9.70. The summed E-state index contributed by atoms with van der Waals surface area (Å²) >= 11 is 0. The van der Waals surface area contributed by atoms with E-state index in [9.17, 15) is 33.8 Å².